The van der Waals surface area contributed by atoms with Crippen LogP contribution in [-0.4, -0.2) is 41.8 Å². The highest BCUT2D eigenvalue weighted by Gasteiger charge is 2.24. The average Bonchev–Trinajstić information content (AvgIpc) is 3.68. The number of carbonyl (C=O) groups is 3. The van der Waals surface area contributed by atoms with Crippen molar-refractivity contribution in [3.8, 4) is 22.8 Å². The lowest BCUT2D eigenvalue weighted by Crippen LogP contribution is -2.30. The Morgan fingerprint density at radius 1 is 0.818 bits per heavy atom. The molecule has 0 bridgehead atoms. The zero-order valence-corrected chi connectivity index (χ0v) is 31.1. The van der Waals surface area contributed by atoms with Crippen LogP contribution in [0, 0.1) is 10.1 Å². The summed E-state index contributed by atoms with van der Waals surface area (Å²) in [6.45, 7) is 0. The molecule has 55 heavy (non-hydrogen) atoms. The van der Waals surface area contributed by atoms with Crippen LogP contribution in [0.4, 0.5) is 16.5 Å². The molecule has 0 aliphatic rings. The van der Waals surface area contributed by atoms with Crippen molar-refractivity contribution >= 4 is 63.4 Å². The van der Waals surface area contributed by atoms with Crippen LogP contribution in [0.15, 0.2) is 143 Å². The number of benzene rings is 5. The summed E-state index contributed by atoms with van der Waals surface area (Å²) in [7, 11) is 3.12. The largest absolute Gasteiger partial charge is 0.493 e. The number of aromatic nitrogens is 1. The van der Waals surface area contributed by atoms with Crippen molar-refractivity contribution in [1.82, 2.24) is 10.3 Å². The normalized spacial score (nSPS) is 11.6. The summed E-state index contributed by atoms with van der Waals surface area (Å²) < 4.78 is 10.8. The third kappa shape index (κ3) is 9.62. The van der Waals surface area contributed by atoms with Crippen LogP contribution in [-0.2, 0) is 9.59 Å². The maximum Gasteiger partial charge on any atom is 0.276 e. The lowest BCUT2D eigenvalue weighted by Gasteiger charge is -2.17. The highest BCUT2D eigenvalue weighted by molar-refractivity contribution is 8.00. The Bertz CT molecular complexity index is 2370. The molecule has 3 amide bonds. The second-order valence-electron chi connectivity index (χ2n) is 11.7. The van der Waals surface area contributed by atoms with E-state index in [1.54, 1.807) is 74.9 Å². The number of nitro benzene ring substituents is 1. The van der Waals surface area contributed by atoms with E-state index in [1.165, 1.54) is 47.4 Å². The van der Waals surface area contributed by atoms with E-state index in [-0.39, 0.29) is 22.9 Å². The third-order valence-corrected chi connectivity index (χ3v) is 10.1. The molecule has 1 heterocycles. The number of para-hydroxylation sites is 1. The minimum Gasteiger partial charge on any atom is -0.493 e. The predicted molar refractivity (Wildman–Crippen MR) is 214 cm³/mol. The van der Waals surface area contributed by atoms with Gasteiger partial charge in [-0.05, 0) is 66.2 Å². The maximum atomic E-state index is 13.9. The van der Waals surface area contributed by atoms with Crippen LogP contribution >= 0.6 is 23.1 Å². The Morgan fingerprint density at radius 2 is 1.53 bits per heavy atom. The van der Waals surface area contributed by atoms with Gasteiger partial charge in [-0.25, -0.2) is 4.98 Å². The fourth-order valence-corrected chi connectivity index (χ4v) is 7.19. The number of hydrogen-bond acceptors (Lipinski definition) is 10. The maximum absolute atomic E-state index is 13.9. The molecule has 0 saturated heterocycles. The van der Waals surface area contributed by atoms with Gasteiger partial charge in [0.15, 0.2) is 16.6 Å². The molecule has 6 rings (SSSR count). The van der Waals surface area contributed by atoms with Gasteiger partial charge in [0.2, 0.25) is 5.91 Å². The Kier molecular flexibility index (Phi) is 12.3. The second kappa shape index (κ2) is 17.8. The first-order valence-electron chi connectivity index (χ1n) is 16.7. The van der Waals surface area contributed by atoms with E-state index >= 15 is 0 Å². The summed E-state index contributed by atoms with van der Waals surface area (Å²) in [4.78, 5) is 57.3. The van der Waals surface area contributed by atoms with Crippen LogP contribution in [0.5, 0.6) is 11.5 Å². The molecule has 3 N–H and O–H groups in total. The first-order chi connectivity index (χ1) is 26.7. The van der Waals surface area contributed by atoms with Gasteiger partial charge in [-0.3, -0.25) is 24.5 Å². The van der Waals surface area contributed by atoms with Crippen LogP contribution in [0.25, 0.3) is 17.3 Å². The summed E-state index contributed by atoms with van der Waals surface area (Å²) >= 11 is 2.56. The molecule has 0 aliphatic carbocycles. The number of nitro groups is 1. The van der Waals surface area contributed by atoms with Gasteiger partial charge in [0.25, 0.3) is 17.5 Å². The molecule has 0 aliphatic heterocycles. The molecular weight excluding hydrogens is 739 g/mol. The van der Waals surface area contributed by atoms with Gasteiger partial charge in [0.05, 0.1) is 30.4 Å². The highest BCUT2D eigenvalue weighted by atomic mass is 32.2. The topological polar surface area (TPSA) is 162 Å². The molecule has 0 radical (unpaired) electrons. The molecule has 0 saturated carbocycles. The smallest absolute Gasteiger partial charge is 0.276 e. The molecule has 12 nitrogen and oxygen atoms in total. The number of nitrogens with zero attached hydrogens (tertiary/aromatic N) is 2. The predicted octanol–water partition coefficient (Wildman–Crippen LogP) is 8.62. The van der Waals surface area contributed by atoms with E-state index in [1.807, 2.05) is 53.9 Å². The number of anilines is 2. The van der Waals surface area contributed by atoms with Gasteiger partial charge < -0.3 is 25.4 Å². The van der Waals surface area contributed by atoms with Gasteiger partial charge in [-0.1, -0.05) is 66.7 Å². The Labute approximate surface area is 324 Å². The molecule has 5 aromatic carbocycles. The number of thioether (sulfide) groups is 1. The standard InChI is InChI=1S/C41H33N5O7S2/c1-52-35-21-20-28(23-36(35)53-2)33-25-54-41(44-33)45-40(49)37(26-12-5-3-6-13-26)55-31-18-11-17-30(24-31)42-39(48)32(43-38(47)27-14-7-4-8-15-27)22-29-16-9-10-19-34(29)46(50)51/h3-25,37H,1-2H3,(H,42,48)(H,43,47)(H,44,45,49)/b32-22+. The summed E-state index contributed by atoms with van der Waals surface area (Å²) in [5, 5.41) is 21.6. The van der Waals surface area contributed by atoms with E-state index in [2.05, 4.69) is 20.9 Å². The monoisotopic (exact) mass is 771 g/mol. The second-order valence-corrected chi connectivity index (χ2v) is 13.7. The summed E-state index contributed by atoms with van der Waals surface area (Å²) in [5.41, 5.74) is 2.54. The highest BCUT2D eigenvalue weighted by Crippen LogP contribution is 2.38. The van der Waals surface area contributed by atoms with Gasteiger partial charge in [0.1, 0.15) is 10.9 Å². The van der Waals surface area contributed by atoms with Crippen molar-refractivity contribution in [2.75, 3.05) is 24.9 Å². The van der Waals surface area contributed by atoms with E-state index in [0.29, 0.717) is 38.5 Å². The molecule has 1 aromatic heterocycles. The number of ether oxygens (including phenoxy) is 2. The first-order valence-corrected chi connectivity index (χ1v) is 18.4. The van der Waals surface area contributed by atoms with Crippen molar-refractivity contribution in [3.63, 3.8) is 0 Å². The molecular formula is C41H33N5O7S2. The zero-order chi connectivity index (χ0) is 38.7. The van der Waals surface area contributed by atoms with Crippen LogP contribution in [0.3, 0.4) is 0 Å². The molecule has 0 fully saturated rings. The van der Waals surface area contributed by atoms with Crippen molar-refractivity contribution in [1.29, 1.82) is 0 Å². The van der Waals surface area contributed by atoms with Crippen LogP contribution in [0.2, 0.25) is 0 Å². The lowest BCUT2D eigenvalue weighted by molar-refractivity contribution is -0.385. The summed E-state index contributed by atoms with van der Waals surface area (Å²) in [6, 6.07) is 35.8. The van der Waals surface area contributed by atoms with Gasteiger partial charge in [-0.2, -0.15) is 0 Å². The van der Waals surface area contributed by atoms with Crippen LogP contribution < -0.4 is 25.4 Å². The molecule has 1 unspecified atom stereocenters. The third-order valence-electron chi connectivity index (χ3n) is 8.06. The van der Waals surface area contributed by atoms with Gasteiger partial charge >= 0.3 is 0 Å². The Balaban J connectivity index is 1.23. The van der Waals surface area contributed by atoms with Crippen LogP contribution in [0.1, 0.15) is 26.7 Å². The number of hydrogen-bond donors (Lipinski definition) is 3. The quantitative estimate of drug-likeness (QED) is 0.0426. The van der Waals surface area contributed by atoms with E-state index in [4.69, 9.17) is 9.47 Å². The average molecular weight is 772 g/mol. The number of methoxy groups -OCH3 is 2. The summed E-state index contributed by atoms with van der Waals surface area (Å²) in [6.07, 6.45) is 1.26. The lowest BCUT2D eigenvalue weighted by atomic mass is 10.1. The van der Waals surface area contributed by atoms with E-state index < -0.39 is 22.0 Å². The SMILES string of the molecule is COc1ccc(-c2csc(NC(=O)C(Sc3cccc(NC(=O)/C(=C\c4ccccc4[N+](=O)[O-])NC(=O)c4ccccc4)c3)c3ccccc3)n2)cc1OC. The van der Waals surface area contributed by atoms with Crippen molar-refractivity contribution < 1.29 is 28.8 Å². The fraction of sp³-hybridized carbons (Fsp3) is 0.0732. The van der Waals surface area contributed by atoms with E-state index in [0.717, 1.165) is 11.1 Å². The number of nitrogens with one attached hydrogen (secondary N) is 3. The zero-order valence-electron chi connectivity index (χ0n) is 29.4. The summed E-state index contributed by atoms with van der Waals surface area (Å²) in [5.74, 6) is -0.445. The van der Waals surface area contributed by atoms with E-state index in [9.17, 15) is 24.5 Å². The molecule has 0 spiro atoms. The van der Waals surface area contributed by atoms with Gasteiger partial charge in [0, 0.05) is 33.2 Å². The van der Waals surface area contributed by atoms with Crippen molar-refractivity contribution in [2.24, 2.45) is 0 Å². The molecule has 276 valence electrons. The number of amides is 3. The Hall–Kier alpha value is -6.77. The molecule has 1 atom stereocenters. The minimum absolute atomic E-state index is 0.128. The minimum atomic E-state index is -0.712. The van der Waals surface area contributed by atoms with Crippen molar-refractivity contribution in [2.45, 2.75) is 10.1 Å². The first kappa shape index (κ1) is 38.0. The molecule has 6 aromatic rings. The van der Waals surface area contributed by atoms with Gasteiger partial charge in [-0.15, -0.1) is 23.1 Å². The Morgan fingerprint density at radius 3 is 2.25 bits per heavy atom. The number of rotatable bonds is 14. The van der Waals surface area contributed by atoms with Crippen molar-refractivity contribution in [3.05, 3.63) is 165 Å². The number of carbonyl (C=O) groups excluding carboxylic acids is 3. The number of thiazole rings is 1. The molecule has 14 heteroatoms. The fourth-order valence-electron chi connectivity index (χ4n) is 5.39.